The van der Waals surface area contributed by atoms with Gasteiger partial charge in [-0.15, -0.1) is 0 Å². The van der Waals surface area contributed by atoms with Crippen LogP contribution in [0.1, 0.15) is 38.5 Å². The minimum absolute atomic E-state index is 0.442. The molecule has 0 bridgehead atoms. The van der Waals surface area contributed by atoms with Gasteiger partial charge in [0.1, 0.15) is 24.3 Å². The number of aromatic nitrogens is 4. The molecule has 14 heteroatoms. The van der Waals surface area contributed by atoms with Crippen LogP contribution in [0.3, 0.4) is 0 Å². The van der Waals surface area contributed by atoms with Crippen molar-refractivity contribution in [2.75, 3.05) is 77.6 Å². The molecule has 2 aliphatic heterocycles. The van der Waals surface area contributed by atoms with Crippen molar-refractivity contribution in [2.45, 2.75) is 38.5 Å². The molecular weight excluding hydrogens is 635 g/mol. The van der Waals surface area contributed by atoms with Gasteiger partial charge in [0.15, 0.2) is 23.0 Å². The molecule has 6 rings (SSSR count). The number of hydrogen-bond acceptors (Lipinski definition) is 13. The quantitative estimate of drug-likeness (QED) is 0.146. The molecule has 2 fully saturated rings. The summed E-state index contributed by atoms with van der Waals surface area (Å²) in [5, 5.41) is 1.89. The number of benzene rings is 2. The van der Waals surface area contributed by atoms with Crippen LogP contribution in [0.25, 0.3) is 21.8 Å². The molecule has 0 radical (unpaired) electrons. The highest BCUT2D eigenvalue weighted by molar-refractivity contribution is 7.33. The van der Waals surface area contributed by atoms with Crippen molar-refractivity contribution in [1.29, 1.82) is 0 Å². The summed E-state index contributed by atoms with van der Waals surface area (Å²) in [4.78, 5) is 22.7. The fourth-order valence-electron chi connectivity index (χ4n) is 6.77. The fraction of sp³-hybridized carbons (Fsp3) is 0.529. The third-order valence-electron chi connectivity index (χ3n) is 9.56. The third-order valence-corrected chi connectivity index (χ3v) is 10.4. The Bertz CT molecular complexity index is 1590. The van der Waals surface area contributed by atoms with Crippen LogP contribution in [0.2, 0.25) is 0 Å². The van der Waals surface area contributed by atoms with Crippen molar-refractivity contribution in [1.82, 2.24) is 19.9 Å². The molecule has 0 aliphatic carbocycles. The SMILES string of the molecule is COc1cc2ncnc(N3CCC(CCO[PH](=O)OCCC4CCN(c5ncnc6cc(OC)c(OC)cc56)CC4)CC3)c2cc1OC. The van der Waals surface area contributed by atoms with Crippen LogP contribution >= 0.6 is 8.25 Å². The molecule has 258 valence electrons. The molecule has 4 heterocycles. The highest BCUT2D eigenvalue weighted by Gasteiger charge is 2.24. The van der Waals surface area contributed by atoms with Gasteiger partial charge in [0.2, 0.25) is 0 Å². The second kappa shape index (κ2) is 16.0. The zero-order valence-corrected chi connectivity index (χ0v) is 29.1. The van der Waals surface area contributed by atoms with Crippen molar-refractivity contribution in [3.63, 3.8) is 0 Å². The van der Waals surface area contributed by atoms with Crippen LogP contribution in [0.15, 0.2) is 36.9 Å². The Morgan fingerprint density at radius 1 is 0.604 bits per heavy atom. The average molecular weight is 681 g/mol. The van der Waals surface area contributed by atoms with E-state index in [0.29, 0.717) is 48.0 Å². The predicted molar refractivity (Wildman–Crippen MR) is 185 cm³/mol. The topological polar surface area (TPSA) is 130 Å². The normalized spacial score (nSPS) is 16.2. The second-order valence-electron chi connectivity index (χ2n) is 12.2. The van der Waals surface area contributed by atoms with E-state index in [1.54, 1.807) is 41.1 Å². The third kappa shape index (κ3) is 7.69. The zero-order valence-electron chi connectivity index (χ0n) is 28.1. The molecule has 2 aliphatic rings. The molecule has 0 N–H and O–H groups in total. The van der Waals surface area contributed by atoms with Crippen LogP contribution < -0.4 is 28.7 Å². The lowest BCUT2D eigenvalue weighted by Crippen LogP contribution is -2.34. The molecule has 2 aromatic heterocycles. The Balaban J connectivity index is 0.897. The van der Waals surface area contributed by atoms with Gasteiger partial charge >= 0.3 is 8.25 Å². The molecule has 0 amide bonds. The van der Waals surface area contributed by atoms with E-state index in [0.717, 1.165) is 98.1 Å². The first kappa shape index (κ1) is 34.0. The monoisotopic (exact) mass is 680 g/mol. The Hall–Kier alpha value is -3.93. The van der Waals surface area contributed by atoms with Crippen LogP contribution in [0.5, 0.6) is 23.0 Å². The minimum Gasteiger partial charge on any atom is -0.493 e. The lowest BCUT2D eigenvalue weighted by molar-refractivity contribution is 0.193. The molecule has 2 saturated heterocycles. The second-order valence-corrected chi connectivity index (χ2v) is 13.3. The Labute approximate surface area is 281 Å². The number of nitrogens with zero attached hydrogens (tertiary/aromatic N) is 6. The van der Waals surface area contributed by atoms with Crippen molar-refractivity contribution < 1.29 is 32.6 Å². The summed E-state index contributed by atoms with van der Waals surface area (Å²) in [5.41, 5.74) is 1.64. The number of ether oxygens (including phenoxy) is 4. The Morgan fingerprint density at radius 2 is 0.979 bits per heavy atom. The smallest absolute Gasteiger partial charge is 0.319 e. The number of fused-ring (bicyclic) bond motifs is 2. The first-order chi connectivity index (χ1) is 23.5. The summed E-state index contributed by atoms with van der Waals surface area (Å²) in [6, 6.07) is 7.66. The van der Waals surface area contributed by atoms with Gasteiger partial charge in [-0.05, 0) is 62.5 Å². The largest absolute Gasteiger partial charge is 0.493 e. The van der Waals surface area contributed by atoms with Crippen molar-refractivity contribution >= 4 is 41.7 Å². The van der Waals surface area contributed by atoms with Gasteiger partial charge in [-0.1, -0.05) is 0 Å². The first-order valence-electron chi connectivity index (χ1n) is 16.5. The average Bonchev–Trinajstić information content (AvgIpc) is 3.13. The maximum absolute atomic E-state index is 12.5. The molecule has 13 nitrogen and oxygen atoms in total. The van der Waals surface area contributed by atoms with Gasteiger partial charge in [-0.25, -0.2) is 19.9 Å². The summed E-state index contributed by atoms with van der Waals surface area (Å²) in [5.74, 6) is 5.43. The minimum atomic E-state index is -2.52. The molecule has 0 unspecified atom stereocenters. The maximum atomic E-state index is 12.5. The summed E-state index contributed by atoms with van der Waals surface area (Å²) in [7, 11) is 3.98. The van der Waals surface area contributed by atoms with E-state index in [2.05, 4.69) is 29.7 Å². The molecular formula is C34H45N6O7P. The zero-order chi connectivity index (χ0) is 33.5. The molecule has 4 aromatic rings. The standard InChI is InChI=1S/C34H45N6O7P/c1-42-29-17-25-27(19-31(29)44-3)35-21-37-33(25)39-11-5-23(6-12-39)9-15-46-48(41)47-16-10-24-7-13-40(14-8-24)34-26-18-30(43-2)32(45-4)20-28(26)36-22-38-34/h17-24,48H,5-16H2,1-4H3. The number of rotatable bonds is 14. The summed E-state index contributed by atoms with van der Waals surface area (Å²) < 4.78 is 45.6. The van der Waals surface area contributed by atoms with E-state index >= 15 is 0 Å². The van der Waals surface area contributed by atoms with Gasteiger partial charge in [0.25, 0.3) is 0 Å². The summed E-state index contributed by atoms with van der Waals surface area (Å²) in [6.07, 6.45) is 8.95. The van der Waals surface area contributed by atoms with Crippen LogP contribution in [0, 0.1) is 11.8 Å². The molecule has 0 atom stereocenters. The van der Waals surface area contributed by atoms with E-state index < -0.39 is 8.25 Å². The summed E-state index contributed by atoms with van der Waals surface area (Å²) in [6.45, 7) is 4.41. The van der Waals surface area contributed by atoms with Crippen molar-refractivity contribution in [3.8, 4) is 23.0 Å². The van der Waals surface area contributed by atoms with E-state index in [9.17, 15) is 4.57 Å². The maximum Gasteiger partial charge on any atom is 0.319 e. The van der Waals surface area contributed by atoms with Crippen LogP contribution in [-0.4, -0.2) is 87.8 Å². The van der Waals surface area contributed by atoms with Crippen molar-refractivity contribution in [2.24, 2.45) is 11.8 Å². The van der Waals surface area contributed by atoms with Crippen LogP contribution in [-0.2, 0) is 13.6 Å². The van der Waals surface area contributed by atoms with Crippen LogP contribution in [0.4, 0.5) is 11.6 Å². The van der Waals surface area contributed by atoms with Gasteiger partial charge in [0.05, 0.1) is 52.7 Å². The molecule has 2 aromatic carbocycles. The van der Waals surface area contributed by atoms with E-state index in [4.69, 9.17) is 28.0 Å². The van der Waals surface area contributed by atoms with E-state index in [1.165, 1.54) is 0 Å². The first-order valence-corrected chi connectivity index (χ1v) is 17.8. The number of piperidine rings is 2. The van der Waals surface area contributed by atoms with Crippen molar-refractivity contribution in [3.05, 3.63) is 36.9 Å². The van der Waals surface area contributed by atoms with Gasteiger partial charge in [-0.2, -0.15) is 0 Å². The summed E-state index contributed by atoms with van der Waals surface area (Å²) >= 11 is 0. The molecule has 48 heavy (non-hydrogen) atoms. The lowest BCUT2D eigenvalue weighted by Gasteiger charge is -2.33. The van der Waals surface area contributed by atoms with E-state index in [-0.39, 0.29) is 0 Å². The van der Waals surface area contributed by atoms with Gasteiger partial charge < -0.3 is 37.8 Å². The highest BCUT2D eigenvalue weighted by atomic mass is 31.1. The van der Waals surface area contributed by atoms with E-state index in [1.807, 2.05) is 24.3 Å². The lowest BCUT2D eigenvalue weighted by atomic mass is 9.94. The van der Waals surface area contributed by atoms with Gasteiger partial charge in [-0.3, -0.25) is 4.57 Å². The fourth-order valence-corrected chi connectivity index (χ4v) is 7.42. The highest BCUT2D eigenvalue weighted by Crippen LogP contribution is 2.38. The molecule has 0 saturated carbocycles. The molecule has 0 spiro atoms. The Morgan fingerprint density at radius 3 is 1.35 bits per heavy atom. The number of hydrogen-bond donors (Lipinski definition) is 0. The predicted octanol–water partition coefficient (Wildman–Crippen LogP) is 5.94. The number of anilines is 2. The number of methoxy groups -OCH3 is 4. The Kier molecular flexibility index (Phi) is 11.3. The van der Waals surface area contributed by atoms with Gasteiger partial charge in [0, 0.05) is 49.1 Å².